The Labute approximate surface area is 95.1 Å². The van der Waals surface area contributed by atoms with E-state index in [-0.39, 0.29) is 22.3 Å². The van der Waals surface area contributed by atoms with Gasteiger partial charge in [-0.05, 0) is 0 Å². The third-order valence-electron chi connectivity index (χ3n) is 1.31. The molecule has 0 atom stereocenters. The molecule has 1 aromatic heterocycles. The number of rotatable bonds is 5. The Morgan fingerprint density at radius 2 is 2.19 bits per heavy atom. The van der Waals surface area contributed by atoms with Crippen LogP contribution in [0.1, 0.15) is 6.92 Å². The monoisotopic (exact) mass is 264 g/mol. The smallest absolute Gasteiger partial charge is 0.290 e. The highest BCUT2D eigenvalue weighted by atomic mass is 32.2. The van der Waals surface area contributed by atoms with Gasteiger partial charge in [0.2, 0.25) is 15.8 Å². The standard InChI is InChI=1S/C6H8N4O4S2/c1-2-7-16(13,14)6-10-9-5(15-6)8-4(12)3-11/h3,7H,2H2,1H3,(H,8,9,12). The van der Waals surface area contributed by atoms with Crippen LogP contribution < -0.4 is 10.0 Å². The first kappa shape index (κ1) is 12.7. The summed E-state index contributed by atoms with van der Waals surface area (Å²) in [6.45, 7) is 1.84. The highest BCUT2D eigenvalue weighted by molar-refractivity contribution is 7.91. The Morgan fingerprint density at radius 1 is 1.50 bits per heavy atom. The van der Waals surface area contributed by atoms with Crippen LogP contribution in [0.5, 0.6) is 0 Å². The van der Waals surface area contributed by atoms with Crippen molar-refractivity contribution < 1.29 is 18.0 Å². The minimum Gasteiger partial charge on any atom is -0.294 e. The molecule has 0 bridgehead atoms. The number of aldehydes is 1. The molecule has 0 unspecified atom stereocenters. The van der Waals surface area contributed by atoms with Gasteiger partial charge in [0.15, 0.2) is 0 Å². The fourth-order valence-electron chi connectivity index (χ4n) is 0.755. The van der Waals surface area contributed by atoms with Crippen molar-refractivity contribution in [3.63, 3.8) is 0 Å². The van der Waals surface area contributed by atoms with Crippen molar-refractivity contribution in [3.8, 4) is 0 Å². The molecule has 0 aliphatic rings. The van der Waals surface area contributed by atoms with Crippen molar-refractivity contribution >= 4 is 38.7 Å². The molecule has 0 fully saturated rings. The van der Waals surface area contributed by atoms with Crippen LogP contribution >= 0.6 is 11.3 Å². The number of aromatic nitrogens is 2. The lowest BCUT2D eigenvalue weighted by molar-refractivity contribution is -0.127. The lowest BCUT2D eigenvalue weighted by Gasteiger charge is -1.97. The maximum atomic E-state index is 11.4. The second kappa shape index (κ2) is 5.09. The molecule has 1 aromatic rings. The molecule has 88 valence electrons. The van der Waals surface area contributed by atoms with E-state index in [4.69, 9.17) is 0 Å². The van der Waals surface area contributed by atoms with E-state index in [1.807, 2.05) is 0 Å². The molecule has 0 saturated heterocycles. The van der Waals surface area contributed by atoms with Crippen LogP contribution in [0.2, 0.25) is 0 Å². The second-order valence-corrected chi connectivity index (χ2v) is 5.40. The number of sulfonamides is 1. The van der Waals surface area contributed by atoms with Crippen molar-refractivity contribution in [2.75, 3.05) is 11.9 Å². The van der Waals surface area contributed by atoms with Gasteiger partial charge in [-0.1, -0.05) is 18.3 Å². The Morgan fingerprint density at radius 3 is 2.75 bits per heavy atom. The average Bonchev–Trinajstić information content (AvgIpc) is 2.66. The van der Waals surface area contributed by atoms with E-state index in [0.29, 0.717) is 11.3 Å². The van der Waals surface area contributed by atoms with E-state index in [9.17, 15) is 18.0 Å². The number of carbonyl (C=O) groups is 2. The Bertz CT molecular complexity index is 494. The van der Waals surface area contributed by atoms with Gasteiger partial charge < -0.3 is 0 Å². The first-order valence-electron chi connectivity index (χ1n) is 4.09. The molecule has 0 aliphatic heterocycles. The van der Waals surface area contributed by atoms with Crippen LogP contribution in [0.3, 0.4) is 0 Å². The molecular weight excluding hydrogens is 256 g/mol. The van der Waals surface area contributed by atoms with E-state index < -0.39 is 15.9 Å². The molecule has 0 aliphatic carbocycles. The van der Waals surface area contributed by atoms with Crippen molar-refractivity contribution in [2.24, 2.45) is 0 Å². The first-order valence-corrected chi connectivity index (χ1v) is 6.39. The lowest BCUT2D eigenvalue weighted by atomic mass is 10.7. The van der Waals surface area contributed by atoms with E-state index >= 15 is 0 Å². The highest BCUT2D eigenvalue weighted by Crippen LogP contribution is 2.19. The van der Waals surface area contributed by atoms with Gasteiger partial charge in [0, 0.05) is 6.54 Å². The molecule has 2 N–H and O–H groups in total. The van der Waals surface area contributed by atoms with Gasteiger partial charge in [-0.15, -0.1) is 10.2 Å². The maximum absolute atomic E-state index is 11.4. The SMILES string of the molecule is CCNS(=O)(=O)c1nnc(NC(=O)C=O)s1. The van der Waals surface area contributed by atoms with E-state index in [2.05, 4.69) is 20.2 Å². The first-order chi connectivity index (χ1) is 7.49. The number of nitrogens with zero attached hydrogens (tertiary/aromatic N) is 2. The van der Waals surface area contributed by atoms with Gasteiger partial charge in [-0.3, -0.25) is 14.9 Å². The summed E-state index contributed by atoms with van der Waals surface area (Å²) >= 11 is 0.660. The van der Waals surface area contributed by atoms with E-state index in [0.717, 1.165) is 0 Å². The third-order valence-corrected chi connectivity index (χ3v) is 4.06. The summed E-state index contributed by atoms with van der Waals surface area (Å²) in [4.78, 5) is 20.7. The number of nitrogens with one attached hydrogen (secondary N) is 2. The molecule has 1 amide bonds. The normalized spacial score (nSPS) is 11.1. The molecule has 0 radical (unpaired) electrons. The topological polar surface area (TPSA) is 118 Å². The second-order valence-electron chi connectivity index (χ2n) is 2.48. The van der Waals surface area contributed by atoms with E-state index in [1.165, 1.54) is 0 Å². The van der Waals surface area contributed by atoms with Crippen LogP contribution in [0.25, 0.3) is 0 Å². The Balaban J connectivity index is 2.87. The predicted octanol–water partition coefficient (Wildman–Crippen LogP) is -1.03. The Kier molecular flexibility index (Phi) is 4.04. The van der Waals surface area contributed by atoms with Gasteiger partial charge >= 0.3 is 0 Å². The van der Waals surface area contributed by atoms with Crippen LogP contribution in [0.15, 0.2) is 4.34 Å². The van der Waals surface area contributed by atoms with Crippen molar-refractivity contribution in [2.45, 2.75) is 11.3 Å². The van der Waals surface area contributed by atoms with Crippen LogP contribution in [-0.2, 0) is 19.6 Å². The lowest BCUT2D eigenvalue weighted by Crippen LogP contribution is -2.22. The van der Waals surface area contributed by atoms with Crippen LogP contribution in [0.4, 0.5) is 5.13 Å². The molecule has 0 spiro atoms. The summed E-state index contributed by atoms with van der Waals surface area (Å²) in [5.41, 5.74) is 0. The summed E-state index contributed by atoms with van der Waals surface area (Å²) in [6.07, 6.45) is 0.0554. The predicted molar refractivity (Wildman–Crippen MR) is 55.5 cm³/mol. The van der Waals surface area contributed by atoms with Crippen LogP contribution in [-0.4, -0.2) is 37.4 Å². The molecular formula is C6H8N4O4S2. The summed E-state index contributed by atoms with van der Waals surface area (Å²) < 4.78 is 24.8. The van der Waals surface area contributed by atoms with Gasteiger partial charge in [0.05, 0.1) is 0 Å². The molecule has 8 nitrogen and oxygen atoms in total. The van der Waals surface area contributed by atoms with E-state index in [1.54, 1.807) is 6.92 Å². The summed E-state index contributed by atoms with van der Waals surface area (Å²) in [5.74, 6) is -0.913. The summed E-state index contributed by atoms with van der Waals surface area (Å²) in [5, 5.41) is 8.82. The van der Waals surface area contributed by atoms with Crippen molar-refractivity contribution in [3.05, 3.63) is 0 Å². The summed E-state index contributed by atoms with van der Waals surface area (Å²) in [7, 11) is -3.68. The highest BCUT2D eigenvalue weighted by Gasteiger charge is 2.19. The largest absolute Gasteiger partial charge is 0.294 e. The van der Waals surface area contributed by atoms with Crippen molar-refractivity contribution in [1.82, 2.24) is 14.9 Å². The zero-order valence-corrected chi connectivity index (χ0v) is 9.76. The van der Waals surface area contributed by atoms with Gasteiger partial charge in [-0.25, -0.2) is 13.1 Å². The van der Waals surface area contributed by atoms with Crippen LogP contribution in [0, 0.1) is 0 Å². The molecule has 16 heavy (non-hydrogen) atoms. The number of hydrogen-bond donors (Lipinski definition) is 2. The number of carbonyl (C=O) groups excluding carboxylic acids is 2. The third kappa shape index (κ3) is 3.05. The van der Waals surface area contributed by atoms with Gasteiger partial charge in [-0.2, -0.15) is 0 Å². The Hall–Kier alpha value is -1.39. The fourth-order valence-corrected chi connectivity index (χ4v) is 2.74. The maximum Gasteiger partial charge on any atom is 0.290 e. The van der Waals surface area contributed by atoms with Crippen molar-refractivity contribution in [1.29, 1.82) is 0 Å². The minimum absolute atomic E-state index is 0.0476. The minimum atomic E-state index is -3.68. The molecule has 10 heteroatoms. The number of anilines is 1. The zero-order chi connectivity index (χ0) is 12.2. The molecule has 0 saturated carbocycles. The fraction of sp³-hybridized carbons (Fsp3) is 0.333. The van der Waals surface area contributed by atoms with Gasteiger partial charge in [0.1, 0.15) is 0 Å². The number of hydrogen-bond acceptors (Lipinski definition) is 7. The number of amides is 1. The zero-order valence-electron chi connectivity index (χ0n) is 8.13. The molecule has 1 rings (SSSR count). The molecule has 0 aromatic carbocycles. The van der Waals surface area contributed by atoms with Gasteiger partial charge in [0.25, 0.3) is 15.9 Å². The summed E-state index contributed by atoms with van der Waals surface area (Å²) in [6, 6.07) is 0. The quantitative estimate of drug-likeness (QED) is 0.399. The average molecular weight is 264 g/mol. The molecule has 1 heterocycles.